The molecule has 0 N–H and O–H groups in total. The van der Waals surface area contributed by atoms with Gasteiger partial charge in [0.25, 0.3) is 0 Å². The third-order valence-electron chi connectivity index (χ3n) is 11.1. The summed E-state index contributed by atoms with van der Waals surface area (Å²) in [5.74, 6) is 1.80. The maximum atomic E-state index is 6.58. The molecule has 11 aromatic rings. The van der Waals surface area contributed by atoms with Crippen molar-refractivity contribution >= 4 is 43.7 Å². The average Bonchev–Trinajstić information content (AvgIpc) is 3.82. The molecule has 0 aliphatic carbocycles. The number of hydrogen-bond donors (Lipinski definition) is 0. The molecule has 0 unspecified atom stereocenters. The highest BCUT2D eigenvalue weighted by atomic mass is 16.3. The van der Waals surface area contributed by atoms with Gasteiger partial charge in [0.2, 0.25) is 0 Å². The fourth-order valence-corrected chi connectivity index (χ4v) is 8.53. The quantitative estimate of drug-likeness (QED) is 0.170. The summed E-state index contributed by atoms with van der Waals surface area (Å²) >= 11 is 0. The Balaban J connectivity index is 1.23. The summed E-state index contributed by atoms with van der Waals surface area (Å²) in [5.41, 5.74) is 14.4. The molecule has 0 spiro atoms. The lowest BCUT2D eigenvalue weighted by Crippen LogP contribution is -2.04. The van der Waals surface area contributed by atoms with Crippen molar-refractivity contribution < 1.29 is 4.42 Å². The molecule has 0 aliphatic rings. The van der Waals surface area contributed by atoms with Gasteiger partial charge < -0.3 is 8.98 Å². The number of fused-ring (bicyclic) bond motifs is 6. The highest BCUT2D eigenvalue weighted by Crippen LogP contribution is 2.42. The monoisotopic (exact) mass is 744 g/mol. The van der Waals surface area contributed by atoms with Crippen LogP contribution in [0.25, 0.3) is 106 Å². The summed E-state index contributed by atoms with van der Waals surface area (Å²) in [7, 11) is 0. The first-order valence-electron chi connectivity index (χ1n) is 19.6. The molecule has 0 bridgehead atoms. The Bertz CT molecular complexity index is 3280. The zero-order valence-electron chi connectivity index (χ0n) is 32.0. The molecule has 8 aromatic carbocycles. The number of furan rings is 1. The van der Waals surface area contributed by atoms with Crippen LogP contribution in [0.3, 0.4) is 0 Å². The van der Waals surface area contributed by atoms with E-state index in [2.05, 4.69) is 152 Å². The molecular weight excluding hydrogens is 709 g/mol. The molecule has 0 fully saturated rings. The van der Waals surface area contributed by atoms with E-state index in [4.69, 9.17) is 19.4 Å². The van der Waals surface area contributed by atoms with Crippen LogP contribution >= 0.6 is 0 Å². The minimum Gasteiger partial charge on any atom is -0.455 e. The molecule has 11 rings (SSSR count). The van der Waals surface area contributed by atoms with Crippen molar-refractivity contribution in [1.82, 2.24) is 19.5 Å². The second-order valence-corrected chi connectivity index (χ2v) is 15.0. The van der Waals surface area contributed by atoms with Crippen LogP contribution in [0, 0.1) is 13.8 Å². The van der Waals surface area contributed by atoms with Crippen LogP contribution in [0.1, 0.15) is 11.1 Å². The molecule has 274 valence electrons. The fourth-order valence-electron chi connectivity index (χ4n) is 8.53. The lowest BCUT2D eigenvalue weighted by Gasteiger charge is -2.17. The molecule has 0 saturated heterocycles. The third-order valence-corrected chi connectivity index (χ3v) is 11.1. The minimum absolute atomic E-state index is 0.581. The standard InChI is InChI=1S/C53H36N4O/c1-33-28-34(2)30-39(29-33)37-24-26-42-41-18-9-11-22-46(41)57(48(42)32-37)47-27-25-38(40-20-13-21-44-43-19-10-12-23-49(43)58-50(40)44)31-45(47)53-55-51(35-14-5-3-6-15-35)54-52(56-53)36-16-7-4-8-17-36/h3-32H,1-2H3. The number of aryl methyl sites for hydroxylation is 2. The second-order valence-electron chi connectivity index (χ2n) is 15.0. The number of para-hydroxylation sites is 3. The van der Waals surface area contributed by atoms with E-state index in [9.17, 15) is 0 Å². The first kappa shape index (κ1) is 33.7. The van der Waals surface area contributed by atoms with E-state index in [0.29, 0.717) is 17.5 Å². The maximum Gasteiger partial charge on any atom is 0.166 e. The summed E-state index contributed by atoms with van der Waals surface area (Å²) < 4.78 is 8.96. The SMILES string of the molecule is Cc1cc(C)cc(-c2ccc3c4ccccc4n(-c4ccc(-c5cccc6c5oc5ccccc56)cc4-c4nc(-c5ccccc5)nc(-c5ccccc5)n4)c3c2)c1. The van der Waals surface area contributed by atoms with E-state index in [1.807, 2.05) is 48.5 Å². The largest absolute Gasteiger partial charge is 0.455 e. The molecule has 5 nitrogen and oxygen atoms in total. The van der Waals surface area contributed by atoms with Crippen LogP contribution in [0.2, 0.25) is 0 Å². The Hall–Kier alpha value is -7.63. The number of benzene rings is 8. The van der Waals surface area contributed by atoms with Crippen LogP contribution in [0.5, 0.6) is 0 Å². The number of nitrogens with zero attached hydrogens (tertiary/aromatic N) is 4. The zero-order chi connectivity index (χ0) is 38.7. The molecule has 0 aliphatic heterocycles. The Morgan fingerprint density at radius 1 is 0.379 bits per heavy atom. The summed E-state index contributed by atoms with van der Waals surface area (Å²) in [6.07, 6.45) is 0. The highest BCUT2D eigenvalue weighted by Gasteiger charge is 2.22. The van der Waals surface area contributed by atoms with Crippen molar-refractivity contribution in [3.63, 3.8) is 0 Å². The van der Waals surface area contributed by atoms with E-state index in [-0.39, 0.29) is 0 Å². The van der Waals surface area contributed by atoms with Gasteiger partial charge in [0, 0.05) is 43.8 Å². The third kappa shape index (κ3) is 5.67. The van der Waals surface area contributed by atoms with Crippen LogP contribution < -0.4 is 0 Å². The van der Waals surface area contributed by atoms with E-state index in [1.165, 1.54) is 27.5 Å². The van der Waals surface area contributed by atoms with Crippen molar-refractivity contribution in [2.75, 3.05) is 0 Å². The van der Waals surface area contributed by atoms with Gasteiger partial charge in [-0.05, 0) is 60.9 Å². The van der Waals surface area contributed by atoms with Crippen LogP contribution in [-0.4, -0.2) is 19.5 Å². The number of rotatable bonds is 6. The predicted molar refractivity (Wildman–Crippen MR) is 238 cm³/mol. The predicted octanol–water partition coefficient (Wildman–Crippen LogP) is 13.8. The lowest BCUT2D eigenvalue weighted by atomic mass is 9.98. The highest BCUT2D eigenvalue weighted by molar-refractivity contribution is 6.12. The Morgan fingerprint density at radius 2 is 0.983 bits per heavy atom. The summed E-state index contributed by atoms with van der Waals surface area (Å²) in [6.45, 7) is 4.32. The summed E-state index contributed by atoms with van der Waals surface area (Å²) in [6, 6.07) is 63.8. The van der Waals surface area contributed by atoms with Gasteiger partial charge in [-0.2, -0.15) is 0 Å². The molecule has 5 heteroatoms. The molecule has 0 atom stereocenters. The topological polar surface area (TPSA) is 56.7 Å². The van der Waals surface area contributed by atoms with Gasteiger partial charge in [0.05, 0.1) is 16.7 Å². The van der Waals surface area contributed by atoms with E-state index < -0.39 is 0 Å². The Morgan fingerprint density at radius 3 is 1.72 bits per heavy atom. The van der Waals surface area contributed by atoms with Gasteiger partial charge in [-0.15, -0.1) is 0 Å². The van der Waals surface area contributed by atoms with Gasteiger partial charge in [-0.1, -0.05) is 163 Å². The number of aromatic nitrogens is 4. The molecule has 58 heavy (non-hydrogen) atoms. The van der Waals surface area contributed by atoms with E-state index >= 15 is 0 Å². The van der Waals surface area contributed by atoms with Crippen molar-refractivity contribution in [2.45, 2.75) is 13.8 Å². The lowest BCUT2D eigenvalue weighted by molar-refractivity contribution is 0.670. The van der Waals surface area contributed by atoms with Crippen LogP contribution in [0.15, 0.2) is 186 Å². The maximum absolute atomic E-state index is 6.58. The number of hydrogen-bond acceptors (Lipinski definition) is 4. The zero-order valence-corrected chi connectivity index (χ0v) is 32.0. The Labute approximate surface area is 335 Å². The Kier molecular flexibility index (Phi) is 7.86. The minimum atomic E-state index is 0.581. The first-order chi connectivity index (χ1) is 28.6. The smallest absolute Gasteiger partial charge is 0.166 e. The van der Waals surface area contributed by atoms with E-state index in [0.717, 1.165) is 72.0 Å². The average molecular weight is 745 g/mol. The fraction of sp³-hybridized carbons (Fsp3) is 0.0377. The van der Waals surface area contributed by atoms with Crippen LogP contribution in [-0.2, 0) is 0 Å². The van der Waals surface area contributed by atoms with Crippen molar-refractivity contribution in [2.24, 2.45) is 0 Å². The van der Waals surface area contributed by atoms with Gasteiger partial charge >= 0.3 is 0 Å². The summed E-state index contributed by atoms with van der Waals surface area (Å²) in [5, 5.41) is 4.53. The van der Waals surface area contributed by atoms with Gasteiger partial charge in [-0.3, -0.25) is 0 Å². The van der Waals surface area contributed by atoms with Gasteiger partial charge in [-0.25, -0.2) is 15.0 Å². The van der Waals surface area contributed by atoms with Crippen molar-refractivity contribution in [3.05, 3.63) is 193 Å². The van der Waals surface area contributed by atoms with Crippen LogP contribution in [0.4, 0.5) is 0 Å². The second kappa shape index (κ2) is 13.5. The normalized spacial score (nSPS) is 11.6. The summed E-state index contributed by atoms with van der Waals surface area (Å²) in [4.78, 5) is 15.6. The molecule has 0 saturated carbocycles. The molecule has 0 radical (unpaired) electrons. The molecule has 3 heterocycles. The van der Waals surface area contributed by atoms with Gasteiger partial charge in [0.15, 0.2) is 17.5 Å². The van der Waals surface area contributed by atoms with Crippen molar-refractivity contribution in [3.8, 4) is 62.1 Å². The van der Waals surface area contributed by atoms with E-state index in [1.54, 1.807) is 0 Å². The molecular formula is C53H36N4O. The van der Waals surface area contributed by atoms with Gasteiger partial charge in [0.1, 0.15) is 11.2 Å². The molecule has 3 aromatic heterocycles. The van der Waals surface area contributed by atoms with Crippen molar-refractivity contribution in [1.29, 1.82) is 0 Å². The first-order valence-corrected chi connectivity index (χ1v) is 19.6. The molecule has 0 amide bonds.